The second-order valence-corrected chi connectivity index (χ2v) is 6.75. The third kappa shape index (κ3) is 5.32. The van der Waals surface area contributed by atoms with Crippen molar-refractivity contribution in [2.75, 3.05) is 13.7 Å². The number of methoxy groups -OCH3 is 1. The third-order valence-electron chi connectivity index (χ3n) is 4.31. The maximum atomic E-state index is 12.7. The normalized spacial score (nSPS) is 11.7. The molecule has 0 spiro atoms. The van der Waals surface area contributed by atoms with Crippen molar-refractivity contribution >= 4 is 0 Å². The molecule has 0 fully saturated rings. The molecule has 160 valence electrons. The van der Waals surface area contributed by atoms with Crippen molar-refractivity contribution in [1.82, 2.24) is 20.3 Å². The molecule has 0 N–H and O–H groups in total. The minimum absolute atomic E-state index is 0.0978. The predicted octanol–water partition coefficient (Wildman–Crippen LogP) is 4.32. The molecule has 3 aromatic rings. The number of alkyl halides is 3. The van der Waals surface area contributed by atoms with Crippen molar-refractivity contribution in [1.29, 1.82) is 0 Å². The van der Waals surface area contributed by atoms with Crippen molar-refractivity contribution in [2.45, 2.75) is 39.5 Å². The predicted molar refractivity (Wildman–Crippen MR) is 101 cm³/mol. The second-order valence-electron chi connectivity index (χ2n) is 6.75. The fraction of sp³-hybridized carbons (Fsp3) is 0.400. The lowest BCUT2D eigenvalue weighted by Crippen LogP contribution is -2.05. The van der Waals surface area contributed by atoms with Gasteiger partial charge in [-0.2, -0.15) is 28.4 Å². The second kappa shape index (κ2) is 9.21. The Hall–Kier alpha value is -3.01. The van der Waals surface area contributed by atoms with Crippen LogP contribution < -0.4 is 4.74 Å². The van der Waals surface area contributed by atoms with Crippen LogP contribution in [0.5, 0.6) is 5.75 Å². The van der Waals surface area contributed by atoms with E-state index in [1.807, 2.05) is 12.1 Å². The smallest absolute Gasteiger partial charge is 0.471 e. The van der Waals surface area contributed by atoms with Gasteiger partial charge < -0.3 is 14.0 Å². The Labute approximate surface area is 171 Å². The molecule has 2 aromatic heterocycles. The number of nitrogens with zero attached hydrogens (tertiary/aromatic N) is 4. The van der Waals surface area contributed by atoms with Crippen LogP contribution in [0.15, 0.2) is 28.8 Å². The Morgan fingerprint density at radius 3 is 2.27 bits per heavy atom. The zero-order valence-electron chi connectivity index (χ0n) is 16.8. The van der Waals surface area contributed by atoms with E-state index in [0.29, 0.717) is 42.1 Å². The Bertz CT molecular complexity index is 965. The molecule has 0 radical (unpaired) electrons. The Kier molecular flexibility index (Phi) is 6.66. The van der Waals surface area contributed by atoms with Gasteiger partial charge in [0, 0.05) is 12.7 Å². The number of benzene rings is 1. The van der Waals surface area contributed by atoms with Gasteiger partial charge >= 0.3 is 12.1 Å². The fourth-order valence-corrected chi connectivity index (χ4v) is 2.99. The highest BCUT2D eigenvalue weighted by molar-refractivity contribution is 5.65. The summed E-state index contributed by atoms with van der Waals surface area (Å²) < 4.78 is 53.2. The molecular formula is C20H21F3N4O3. The lowest BCUT2D eigenvalue weighted by Gasteiger charge is -2.11. The van der Waals surface area contributed by atoms with Crippen molar-refractivity contribution < 1.29 is 27.2 Å². The number of ether oxygens (including phenoxy) is 2. The molecule has 7 nitrogen and oxygen atoms in total. The zero-order chi connectivity index (χ0) is 21.7. The highest BCUT2D eigenvalue weighted by Crippen LogP contribution is 2.33. The van der Waals surface area contributed by atoms with Crippen LogP contribution in [0.2, 0.25) is 0 Å². The number of hydrogen-bond acceptors (Lipinski definition) is 7. The maximum Gasteiger partial charge on any atom is 0.471 e. The highest BCUT2D eigenvalue weighted by atomic mass is 19.4. The van der Waals surface area contributed by atoms with Crippen LogP contribution in [0, 0.1) is 13.8 Å². The molecule has 10 heteroatoms. The molecule has 0 saturated heterocycles. The van der Waals surface area contributed by atoms with Gasteiger partial charge in [-0.3, -0.25) is 0 Å². The number of hydrogen-bond donors (Lipinski definition) is 0. The molecule has 0 aliphatic rings. The van der Waals surface area contributed by atoms with Crippen molar-refractivity contribution in [3.05, 3.63) is 52.7 Å². The maximum absolute atomic E-state index is 12.7. The average Bonchev–Trinajstić information content (AvgIpc) is 3.16. The molecule has 30 heavy (non-hydrogen) atoms. The quantitative estimate of drug-likeness (QED) is 0.500. The van der Waals surface area contributed by atoms with Crippen molar-refractivity contribution in [3.8, 4) is 17.1 Å². The minimum atomic E-state index is -4.68. The van der Waals surface area contributed by atoms with Crippen LogP contribution in [0.1, 0.15) is 34.8 Å². The molecule has 1 aromatic carbocycles. The van der Waals surface area contributed by atoms with E-state index in [2.05, 4.69) is 24.9 Å². The largest absolute Gasteiger partial charge is 0.494 e. The molecule has 0 atom stereocenters. The summed E-state index contributed by atoms with van der Waals surface area (Å²) in [5.41, 5.74) is 3.51. The van der Waals surface area contributed by atoms with Gasteiger partial charge in [0.2, 0.25) is 5.82 Å². The topological polar surface area (TPSA) is 83.2 Å². The average molecular weight is 422 g/mol. The first-order valence-corrected chi connectivity index (χ1v) is 9.23. The summed E-state index contributed by atoms with van der Waals surface area (Å²) in [4.78, 5) is 3.47. The third-order valence-corrected chi connectivity index (χ3v) is 4.31. The molecule has 0 saturated carbocycles. The fourth-order valence-electron chi connectivity index (χ4n) is 2.99. The van der Waals surface area contributed by atoms with E-state index in [1.54, 1.807) is 33.1 Å². The van der Waals surface area contributed by atoms with E-state index in [4.69, 9.17) is 9.47 Å². The van der Waals surface area contributed by atoms with Crippen LogP contribution >= 0.6 is 0 Å². The highest BCUT2D eigenvalue weighted by Gasteiger charge is 2.38. The minimum Gasteiger partial charge on any atom is -0.494 e. The Morgan fingerprint density at radius 2 is 1.70 bits per heavy atom. The van der Waals surface area contributed by atoms with Gasteiger partial charge in [0.1, 0.15) is 5.75 Å². The van der Waals surface area contributed by atoms with E-state index in [0.717, 1.165) is 17.8 Å². The SMILES string of the molecule is COCc1ccc(CCCOc2cc(C)c(-c3noc(C(F)(F)F)n3)c(C)c2)nn1. The summed E-state index contributed by atoms with van der Waals surface area (Å²) in [6.07, 6.45) is -3.23. The Morgan fingerprint density at radius 1 is 1.03 bits per heavy atom. The molecule has 0 aliphatic heterocycles. The number of rotatable bonds is 8. The molecule has 0 amide bonds. The van der Waals surface area contributed by atoms with Gasteiger partial charge in [0.05, 0.1) is 24.6 Å². The summed E-state index contributed by atoms with van der Waals surface area (Å²) in [6, 6.07) is 7.27. The van der Waals surface area contributed by atoms with Crippen molar-refractivity contribution in [3.63, 3.8) is 0 Å². The summed E-state index contributed by atoms with van der Waals surface area (Å²) in [6.45, 7) is 4.40. The first-order valence-electron chi connectivity index (χ1n) is 9.23. The summed E-state index contributed by atoms with van der Waals surface area (Å²) in [5.74, 6) is -0.843. The number of halogens is 3. The van der Waals surface area contributed by atoms with Gasteiger partial charge in [0.15, 0.2) is 0 Å². The van der Waals surface area contributed by atoms with Crippen LogP contribution in [0.25, 0.3) is 11.4 Å². The summed E-state index contributed by atoms with van der Waals surface area (Å²) in [7, 11) is 1.60. The van der Waals surface area contributed by atoms with Crippen LogP contribution in [-0.2, 0) is 23.9 Å². The molecule has 0 unspecified atom stereocenters. The molecular weight excluding hydrogens is 401 g/mol. The van der Waals surface area contributed by atoms with E-state index in [-0.39, 0.29) is 5.82 Å². The summed E-state index contributed by atoms with van der Waals surface area (Å²) in [5, 5.41) is 11.7. The lowest BCUT2D eigenvalue weighted by atomic mass is 10.0. The number of aromatic nitrogens is 4. The first kappa shape index (κ1) is 21.7. The monoisotopic (exact) mass is 422 g/mol. The molecule has 2 heterocycles. The van der Waals surface area contributed by atoms with Gasteiger partial charge in [-0.1, -0.05) is 5.16 Å². The van der Waals surface area contributed by atoms with Gasteiger partial charge in [-0.15, -0.1) is 0 Å². The number of aryl methyl sites for hydroxylation is 3. The van der Waals surface area contributed by atoms with E-state index in [1.165, 1.54) is 0 Å². The molecule has 3 rings (SSSR count). The van der Waals surface area contributed by atoms with E-state index in [9.17, 15) is 13.2 Å². The van der Waals surface area contributed by atoms with E-state index >= 15 is 0 Å². The van der Waals surface area contributed by atoms with Crippen molar-refractivity contribution in [2.24, 2.45) is 0 Å². The molecule has 0 bridgehead atoms. The standard InChI is InChI=1S/C20H21F3N4O3/c1-12-9-16(29-8-4-5-14-6-7-15(11-28-3)26-25-14)10-13(2)17(12)18-24-19(30-27-18)20(21,22)23/h6-7,9-10H,4-5,8,11H2,1-3H3. The lowest BCUT2D eigenvalue weighted by molar-refractivity contribution is -0.159. The van der Waals surface area contributed by atoms with Gasteiger partial charge in [-0.25, -0.2) is 0 Å². The van der Waals surface area contributed by atoms with Gasteiger partial charge in [-0.05, 0) is 62.1 Å². The first-order chi connectivity index (χ1) is 14.3. The van der Waals surface area contributed by atoms with Crippen LogP contribution in [-0.4, -0.2) is 34.1 Å². The van der Waals surface area contributed by atoms with Crippen LogP contribution in [0.3, 0.4) is 0 Å². The zero-order valence-corrected chi connectivity index (χ0v) is 16.8. The van der Waals surface area contributed by atoms with Crippen LogP contribution in [0.4, 0.5) is 13.2 Å². The van der Waals surface area contributed by atoms with E-state index < -0.39 is 12.1 Å². The summed E-state index contributed by atoms with van der Waals surface area (Å²) >= 11 is 0. The molecule has 0 aliphatic carbocycles. The van der Waals surface area contributed by atoms with Gasteiger partial charge in [0.25, 0.3) is 0 Å². The Balaban J connectivity index is 1.59.